The number of anilines is 1. The Morgan fingerprint density at radius 1 is 0.944 bits per heavy atom. The minimum absolute atomic E-state index is 0.0905. The van der Waals surface area contributed by atoms with Gasteiger partial charge in [-0.05, 0) is 48.5 Å². The zero-order valence-electron chi connectivity index (χ0n) is 18.7. The molecule has 180 valence electrons. The lowest BCUT2D eigenvalue weighted by atomic mass is 10.2. The summed E-state index contributed by atoms with van der Waals surface area (Å²) >= 11 is 0. The van der Waals surface area contributed by atoms with E-state index >= 15 is 0 Å². The molecule has 3 heterocycles. The summed E-state index contributed by atoms with van der Waals surface area (Å²) in [6, 6.07) is 16.7. The lowest BCUT2D eigenvalue weighted by Crippen LogP contribution is -2.40. The summed E-state index contributed by atoms with van der Waals surface area (Å²) in [6.07, 6.45) is 0. The number of rotatable bonds is 4. The zero-order chi connectivity index (χ0) is 24.8. The van der Waals surface area contributed by atoms with Crippen LogP contribution in [0, 0.1) is 5.82 Å². The molecule has 1 amide bonds. The molecule has 0 saturated heterocycles. The monoisotopic (exact) mass is 487 g/mol. The first-order valence-corrected chi connectivity index (χ1v) is 11.1. The fourth-order valence-corrected chi connectivity index (χ4v) is 4.28. The molecule has 0 bridgehead atoms. The third-order valence-electron chi connectivity index (χ3n) is 5.87. The number of carbonyl (C=O) groups excluding carboxylic acids is 1. The summed E-state index contributed by atoms with van der Waals surface area (Å²) < 4.78 is 32.4. The van der Waals surface area contributed by atoms with Crippen LogP contribution in [0.2, 0.25) is 0 Å². The van der Waals surface area contributed by atoms with Crippen molar-refractivity contribution >= 4 is 33.7 Å². The Kier molecular flexibility index (Phi) is 5.06. The topological polar surface area (TPSA) is 105 Å². The van der Waals surface area contributed by atoms with Gasteiger partial charge in [0.15, 0.2) is 11.5 Å². The number of halogens is 1. The highest BCUT2D eigenvalue weighted by molar-refractivity contribution is 6.03. The van der Waals surface area contributed by atoms with Gasteiger partial charge >= 0.3 is 11.2 Å². The molecule has 0 aliphatic carbocycles. The first kappa shape index (κ1) is 21.7. The van der Waals surface area contributed by atoms with Gasteiger partial charge in [-0.15, -0.1) is 0 Å². The van der Waals surface area contributed by atoms with Crippen molar-refractivity contribution < 1.29 is 23.1 Å². The fourth-order valence-electron chi connectivity index (χ4n) is 4.28. The van der Waals surface area contributed by atoms with Crippen LogP contribution >= 0.6 is 0 Å². The first-order chi connectivity index (χ1) is 17.5. The minimum Gasteiger partial charge on any atom is -0.486 e. The largest absolute Gasteiger partial charge is 0.486 e. The van der Waals surface area contributed by atoms with Gasteiger partial charge in [-0.3, -0.25) is 14.2 Å². The van der Waals surface area contributed by atoms with Crippen LogP contribution in [0.4, 0.5) is 10.1 Å². The Bertz CT molecular complexity index is 1770. The molecule has 3 aromatic carbocycles. The average molecular weight is 487 g/mol. The molecule has 0 saturated carbocycles. The molecule has 0 atom stereocenters. The molecule has 0 radical (unpaired) electrons. The molecule has 0 fully saturated rings. The summed E-state index contributed by atoms with van der Waals surface area (Å²) in [5.41, 5.74) is -0.359. The highest BCUT2D eigenvalue weighted by Gasteiger charge is 2.22. The van der Waals surface area contributed by atoms with E-state index in [1.54, 1.807) is 42.5 Å². The van der Waals surface area contributed by atoms with Crippen molar-refractivity contribution in [2.75, 3.05) is 18.5 Å². The van der Waals surface area contributed by atoms with E-state index in [0.717, 1.165) is 16.7 Å². The maximum Gasteiger partial charge on any atom is 0.336 e. The van der Waals surface area contributed by atoms with Crippen molar-refractivity contribution in [1.82, 2.24) is 9.13 Å². The SMILES string of the molecule is O=C(Cn1c(=O)n(-c2ccc(F)cc2)c(=O)c2oc3ccccc3c21)Nc1ccc2c(c1)OCCO2. The molecule has 10 heteroatoms. The number of benzene rings is 3. The number of ether oxygens (including phenoxy) is 2. The van der Waals surface area contributed by atoms with Crippen LogP contribution in [-0.2, 0) is 11.3 Å². The number of para-hydroxylation sites is 1. The van der Waals surface area contributed by atoms with Crippen LogP contribution in [0.3, 0.4) is 0 Å². The van der Waals surface area contributed by atoms with Gasteiger partial charge < -0.3 is 19.2 Å². The molecule has 0 spiro atoms. The second-order valence-electron chi connectivity index (χ2n) is 8.17. The van der Waals surface area contributed by atoms with Crippen LogP contribution in [0.5, 0.6) is 11.5 Å². The van der Waals surface area contributed by atoms with Crippen molar-refractivity contribution in [3.63, 3.8) is 0 Å². The number of fused-ring (bicyclic) bond motifs is 4. The van der Waals surface area contributed by atoms with Crippen LogP contribution in [-0.4, -0.2) is 28.3 Å². The van der Waals surface area contributed by atoms with E-state index in [1.807, 2.05) is 0 Å². The highest BCUT2D eigenvalue weighted by atomic mass is 19.1. The van der Waals surface area contributed by atoms with Gasteiger partial charge in [-0.2, -0.15) is 0 Å². The van der Waals surface area contributed by atoms with E-state index in [4.69, 9.17) is 13.9 Å². The van der Waals surface area contributed by atoms with Crippen LogP contribution in [0.1, 0.15) is 0 Å². The van der Waals surface area contributed by atoms with E-state index < -0.39 is 29.5 Å². The van der Waals surface area contributed by atoms with Gasteiger partial charge in [0, 0.05) is 17.1 Å². The minimum atomic E-state index is -0.761. The molecular formula is C26H18FN3O6. The van der Waals surface area contributed by atoms with Crippen molar-refractivity contribution in [2.45, 2.75) is 6.54 Å². The van der Waals surface area contributed by atoms with E-state index in [-0.39, 0.29) is 16.8 Å². The lowest BCUT2D eigenvalue weighted by molar-refractivity contribution is -0.116. The van der Waals surface area contributed by atoms with E-state index in [1.165, 1.54) is 16.7 Å². The predicted octanol–water partition coefficient (Wildman–Crippen LogP) is 3.45. The van der Waals surface area contributed by atoms with E-state index in [0.29, 0.717) is 41.4 Å². The first-order valence-electron chi connectivity index (χ1n) is 11.1. The van der Waals surface area contributed by atoms with Gasteiger partial charge in [0.05, 0.1) is 5.69 Å². The third kappa shape index (κ3) is 3.59. The standard InChI is InChI=1S/C26H18FN3O6/c27-15-5-8-17(9-6-15)30-25(32)24-23(18-3-1-2-4-19(18)36-24)29(26(30)33)14-22(31)28-16-7-10-20-21(13-16)35-12-11-34-20/h1-10,13H,11-12,14H2,(H,28,31). The molecule has 2 aromatic heterocycles. The summed E-state index contributed by atoms with van der Waals surface area (Å²) in [5.74, 6) is 0.0538. The van der Waals surface area contributed by atoms with Crippen LogP contribution in [0.25, 0.3) is 27.8 Å². The number of nitrogens with zero attached hydrogens (tertiary/aromatic N) is 2. The Morgan fingerprint density at radius 3 is 2.50 bits per heavy atom. The van der Waals surface area contributed by atoms with Gasteiger partial charge in [0.2, 0.25) is 11.5 Å². The fraction of sp³-hybridized carbons (Fsp3) is 0.115. The maximum atomic E-state index is 13.6. The molecule has 1 N–H and O–H groups in total. The Morgan fingerprint density at radius 2 is 1.69 bits per heavy atom. The van der Waals surface area contributed by atoms with Crippen molar-refractivity contribution in [2.24, 2.45) is 0 Å². The quantitative estimate of drug-likeness (QED) is 0.417. The molecule has 0 unspecified atom stereocenters. The molecule has 5 aromatic rings. The lowest BCUT2D eigenvalue weighted by Gasteiger charge is -2.19. The third-order valence-corrected chi connectivity index (χ3v) is 5.87. The molecule has 6 rings (SSSR count). The second-order valence-corrected chi connectivity index (χ2v) is 8.17. The number of carbonyl (C=O) groups is 1. The van der Waals surface area contributed by atoms with E-state index in [2.05, 4.69) is 5.32 Å². The number of hydrogen-bond acceptors (Lipinski definition) is 6. The predicted molar refractivity (Wildman–Crippen MR) is 130 cm³/mol. The number of aromatic nitrogens is 2. The second kappa shape index (κ2) is 8.42. The number of amides is 1. The number of nitrogens with one attached hydrogen (secondary N) is 1. The van der Waals surface area contributed by atoms with Crippen molar-refractivity contribution in [1.29, 1.82) is 0 Å². The van der Waals surface area contributed by atoms with Gasteiger partial charge in [0.25, 0.3) is 0 Å². The molecule has 1 aliphatic heterocycles. The Balaban J connectivity index is 1.47. The summed E-state index contributed by atoms with van der Waals surface area (Å²) in [4.78, 5) is 40.0. The molecule has 36 heavy (non-hydrogen) atoms. The van der Waals surface area contributed by atoms with Crippen LogP contribution < -0.4 is 26.0 Å². The zero-order valence-corrected chi connectivity index (χ0v) is 18.7. The Hall–Kier alpha value is -4.86. The summed E-state index contributed by atoms with van der Waals surface area (Å²) in [6.45, 7) is 0.436. The molecule has 1 aliphatic rings. The average Bonchev–Trinajstić information content (AvgIpc) is 3.28. The van der Waals surface area contributed by atoms with Crippen molar-refractivity contribution in [3.05, 3.63) is 93.4 Å². The highest BCUT2D eigenvalue weighted by Crippen LogP contribution is 2.32. The normalized spacial score (nSPS) is 12.7. The van der Waals surface area contributed by atoms with Gasteiger partial charge in [-0.25, -0.2) is 13.8 Å². The molecular weight excluding hydrogens is 469 g/mol. The summed E-state index contributed by atoms with van der Waals surface area (Å²) in [5, 5.41) is 3.27. The smallest absolute Gasteiger partial charge is 0.336 e. The number of furan rings is 1. The Labute approximate surface area is 201 Å². The van der Waals surface area contributed by atoms with Gasteiger partial charge in [-0.1, -0.05) is 12.1 Å². The van der Waals surface area contributed by atoms with Gasteiger partial charge in [0.1, 0.15) is 36.7 Å². The summed E-state index contributed by atoms with van der Waals surface area (Å²) in [7, 11) is 0. The molecule has 9 nitrogen and oxygen atoms in total. The van der Waals surface area contributed by atoms with E-state index in [9.17, 15) is 18.8 Å². The number of hydrogen-bond donors (Lipinski definition) is 1. The van der Waals surface area contributed by atoms with Crippen molar-refractivity contribution in [3.8, 4) is 17.2 Å². The van der Waals surface area contributed by atoms with Crippen LogP contribution in [0.15, 0.2) is 80.7 Å². The maximum absolute atomic E-state index is 13.6.